The molecule has 0 spiro atoms. The second-order valence-corrected chi connectivity index (χ2v) is 3.52. The van der Waals surface area contributed by atoms with E-state index in [0.29, 0.717) is 0 Å². The monoisotopic (exact) mass is 205 g/mol. The third-order valence-electron chi connectivity index (χ3n) is 2.33. The van der Waals surface area contributed by atoms with Crippen molar-refractivity contribution in [3.05, 3.63) is 42.0 Å². The zero-order valence-corrected chi connectivity index (χ0v) is 9.55. The maximum Gasteiger partial charge on any atom is 0.0635 e. The lowest BCUT2D eigenvalue weighted by atomic mass is 10.1. The Morgan fingerprint density at radius 2 is 2.27 bits per heavy atom. The number of anilines is 1. The summed E-state index contributed by atoms with van der Waals surface area (Å²) >= 11 is 0. The van der Waals surface area contributed by atoms with Gasteiger partial charge in [0, 0.05) is 19.3 Å². The molecular weight excluding hydrogens is 186 g/mol. The van der Waals surface area contributed by atoms with Crippen molar-refractivity contribution in [1.82, 2.24) is 0 Å². The van der Waals surface area contributed by atoms with E-state index in [1.807, 2.05) is 6.08 Å². The summed E-state index contributed by atoms with van der Waals surface area (Å²) in [6, 6.07) is 6.32. The number of allylic oxidation sites excluding steroid dienone is 1. The van der Waals surface area contributed by atoms with E-state index in [9.17, 15) is 0 Å². The molecule has 0 aliphatic rings. The highest BCUT2D eigenvalue weighted by Gasteiger charge is 2.02. The Morgan fingerprint density at radius 3 is 2.93 bits per heavy atom. The number of para-hydroxylation sites is 1. The molecule has 0 radical (unpaired) electrons. The van der Waals surface area contributed by atoms with Crippen LogP contribution >= 0.6 is 0 Å². The summed E-state index contributed by atoms with van der Waals surface area (Å²) in [4.78, 5) is 0. The summed E-state index contributed by atoms with van der Waals surface area (Å²) in [6.07, 6.45) is 2.83. The molecule has 1 aromatic rings. The van der Waals surface area contributed by atoms with Gasteiger partial charge in [0.25, 0.3) is 0 Å². The van der Waals surface area contributed by atoms with Crippen LogP contribution in [-0.2, 0) is 11.2 Å². The van der Waals surface area contributed by atoms with Crippen LogP contribution in [0.5, 0.6) is 0 Å². The van der Waals surface area contributed by atoms with Crippen molar-refractivity contribution in [2.75, 3.05) is 25.6 Å². The van der Waals surface area contributed by atoms with E-state index in [2.05, 4.69) is 37.0 Å². The molecule has 2 heteroatoms. The third-order valence-corrected chi connectivity index (χ3v) is 2.33. The minimum Gasteiger partial charge on any atom is -0.383 e. The van der Waals surface area contributed by atoms with E-state index in [1.165, 1.54) is 16.8 Å². The number of methoxy groups -OCH3 is 1. The Labute approximate surface area is 92.0 Å². The van der Waals surface area contributed by atoms with Gasteiger partial charge >= 0.3 is 0 Å². The molecule has 0 atom stereocenters. The molecule has 2 nitrogen and oxygen atoms in total. The molecule has 1 N–H and O–H groups in total. The second kappa shape index (κ2) is 6.25. The van der Waals surface area contributed by atoms with Crippen LogP contribution in [0, 0.1) is 6.92 Å². The highest BCUT2D eigenvalue weighted by atomic mass is 16.5. The van der Waals surface area contributed by atoms with Crippen LogP contribution in [0.4, 0.5) is 5.69 Å². The second-order valence-electron chi connectivity index (χ2n) is 3.52. The lowest BCUT2D eigenvalue weighted by Crippen LogP contribution is -2.10. The predicted octanol–water partition coefficient (Wildman–Crippen LogP) is 2.78. The first-order valence-corrected chi connectivity index (χ1v) is 5.21. The molecule has 0 bridgehead atoms. The number of rotatable bonds is 6. The van der Waals surface area contributed by atoms with Gasteiger partial charge in [-0.05, 0) is 24.5 Å². The molecule has 0 unspecified atom stereocenters. The minimum atomic E-state index is 0.724. The van der Waals surface area contributed by atoms with E-state index in [4.69, 9.17) is 4.74 Å². The molecule has 0 aliphatic heterocycles. The largest absolute Gasteiger partial charge is 0.383 e. The number of hydrogen-bond donors (Lipinski definition) is 1. The molecule has 0 aliphatic carbocycles. The van der Waals surface area contributed by atoms with Gasteiger partial charge in [-0.3, -0.25) is 0 Å². The van der Waals surface area contributed by atoms with Gasteiger partial charge in [0.15, 0.2) is 0 Å². The highest BCUT2D eigenvalue weighted by Crippen LogP contribution is 2.20. The quantitative estimate of drug-likeness (QED) is 0.569. The first kappa shape index (κ1) is 11.8. The van der Waals surface area contributed by atoms with Crippen LogP contribution in [-0.4, -0.2) is 20.3 Å². The smallest absolute Gasteiger partial charge is 0.0635 e. The molecule has 0 heterocycles. The lowest BCUT2D eigenvalue weighted by Gasteiger charge is -2.13. The van der Waals surface area contributed by atoms with Crippen LogP contribution in [0.25, 0.3) is 0 Å². The van der Waals surface area contributed by atoms with Gasteiger partial charge < -0.3 is 10.1 Å². The van der Waals surface area contributed by atoms with Crippen molar-refractivity contribution < 1.29 is 4.74 Å². The van der Waals surface area contributed by atoms with Crippen molar-refractivity contribution in [3.8, 4) is 0 Å². The van der Waals surface area contributed by atoms with E-state index in [1.54, 1.807) is 7.11 Å². The van der Waals surface area contributed by atoms with Crippen molar-refractivity contribution in [2.45, 2.75) is 13.3 Å². The van der Waals surface area contributed by atoms with E-state index >= 15 is 0 Å². The fourth-order valence-corrected chi connectivity index (χ4v) is 1.59. The molecule has 82 valence electrons. The zero-order chi connectivity index (χ0) is 11.1. The summed E-state index contributed by atoms with van der Waals surface area (Å²) in [5.74, 6) is 0. The molecule has 0 saturated heterocycles. The molecule has 1 aromatic carbocycles. The van der Waals surface area contributed by atoms with E-state index < -0.39 is 0 Å². The Balaban J connectivity index is 2.77. The Kier molecular flexibility index (Phi) is 4.91. The molecular formula is C13H19NO. The van der Waals surface area contributed by atoms with Crippen molar-refractivity contribution in [1.29, 1.82) is 0 Å². The summed E-state index contributed by atoms with van der Waals surface area (Å²) in [7, 11) is 1.71. The van der Waals surface area contributed by atoms with Crippen LogP contribution < -0.4 is 5.32 Å². The van der Waals surface area contributed by atoms with Crippen LogP contribution in [0.2, 0.25) is 0 Å². The van der Waals surface area contributed by atoms with Crippen LogP contribution in [0.3, 0.4) is 0 Å². The normalized spacial score (nSPS) is 10.0. The maximum absolute atomic E-state index is 5.02. The van der Waals surface area contributed by atoms with Gasteiger partial charge in [-0.2, -0.15) is 0 Å². The van der Waals surface area contributed by atoms with Crippen molar-refractivity contribution in [2.24, 2.45) is 0 Å². The summed E-state index contributed by atoms with van der Waals surface area (Å²) in [5.41, 5.74) is 3.78. The van der Waals surface area contributed by atoms with Crippen molar-refractivity contribution >= 4 is 5.69 Å². The summed E-state index contributed by atoms with van der Waals surface area (Å²) < 4.78 is 5.02. The SMILES string of the molecule is C=CCc1cccc(C)c1NCCOC. The number of ether oxygens (including phenoxy) is 1. The third kappa shape index (κ3) is 3.40. The number of hydrogen-bond acceptors (Lipinski definition) is 2. The van der Waals surface area contributed by atoms with Gasteiger partial charge in [0.05, 0.1) is 6.61 Å². The van der Waals surface area contributed by atoms with Crippen molar-refractivity contribution in [3.63, 3.8) is 0 Å². The average molecular weight is 205 g/mol. The molecule has 0 amide bonds. The first-order valence-electron chi connectivity index (χ1n) is 5.21. The Morgan fingerprint density at radius 1 is 1.47 bits per heavy atom. The molecule has 0 aromatic heterocycles. The molecule has 0 saturated carbocycles. The topological polar surface area (TPSA) is 21.3 Å². The van der Waals surface area contributed by atoms with Gasteiger partial charge in [0.1, 0.15) is 0 Å². The summed E-state index contributed by atoms with van der Waals surface area (Å²) in [6.45, 7) is 7.45. The molecule has 1 rings (SSSR count). The molecule has 15 heavy (non-hydrogen) atoms. The predicted molar refractivity (Wildman–Crippen MR) is 65.4 cm³/mol. The van der Waals surface area contributed by atoms with Crippen LogP contribution in [0.15, 0.2) is 30.9 Å². The highest BCUT2D eigenvalue weighted by molar-refractivity contribution is 5.57. The van der Waals surface area contributed by atoms with Gasteiger partial charge in [-0.25, -0.2) is 0 Å². The zero-order valence-electron chi connectivity index (χ0n) is 9.55. The fourth-order valence-electron chi connectivity index (χ4n) is 1.59. The Bertz CT molecular complexity index is 320. The van der Waals surface area contributed by atoms with Gasteiger partial charge in [-0.1, -0.05) is 24.3 Å². The number of nitrogens with one attached hydrogen (secondary N) is 1. The summed E-state index contributed by atoms with van der Waals surface area (Å²) in [5, 5.41) is 3.39. The van der Waals surface area contributed by atoms with E-state index in [0.717, 1.165) is 19.6 Å². The Hall–Kier alpha value is -1.28. The first-order chi connectivity index (χ1) is 7.29. The minimum absolute atomic E-state index is 0.724. The molecule has 0 fully saturated rings. The average Bonchev–Trinajstić information content (AvgIpc) is 2.23. The lowest BCUT2D eigenvalue weighted by molar-refractivity contribution is 0.210. The fraction of sp³-hybridized carbons (Fsp3) is 0.385. The standard InChI is InChI=1S/C13H19NO/c1-4-6-12-8-5-7-11(2)13(12)14-9-10-15-3/h4-5,7-8,14H,1,6,9-10H2,2-3H3. The van der Waals surface area contributed by atoms with Gasteiger partial charge in [-0.15, -0.1) is 6.58 Å². The maximum atomic E-state index is 5.02. The van der Waals surface area contributed by atoms with E-state index in [-0.39, 0.29) is 0 Å². The number of benzene rings is 1. The number of aryl methyl sites for hydroxylation is 1. The van der Waals surface area contributed by atoms with Gasteiger partial charge in [0.2, 0.25) is 0 Å². The van der Waals surface area contributed by atoms with Crippen LogP contribution in [0.1, 0.15) is 11.1 Å².